The van der Waals surface area contributed by atoms with Crippen LogP contribution in [0, 0.1) is 6.92 Å². The van der Waals surface area contributed by atoms with Crippen molar-refractivity contribution in [3.8, 4) is 5.69 Å². The molecule has 0 saturated carbocycles. The summed E-state index contributed by atoms with van der Waals surface area (Å²) in [4.78, 5) is 31.0. The van der Waals surface area contributed by atoms with Gasteiger partial charge in [-0.25, -0.2) is 4.68 Å². The first-order valence-electron chi connectivity index (χ1n) is 9.76. The third-order valence-electron chi connectivity index (χ3n) is 5.56. The molecule has 2 aromatic carbocycles. The first-order chi connectivity index (χ1) is 14.5. The molecule has 0 radical (unpaired) electrons. The molecule has 7 heteroatoms. The lowest BCUT2D eigenvalue weighted by molar-refractivity contribution is 0.0725. The first kappa shape index (κ1) is 18.6. The lowest BCUT2D eigenvalue weighted by Gasteiger charge is -2.27. The van der Waals surface area contributed by atoms with E-state index in [1.807, 2.05) is 36.4 Å². The minimum absolute atomic E-state index is 0.0937. The van der Waals surface area contributed by atoms with Gasteiger partial charge in [0.15, 0.2) is 5.69 Å². The number of aromatic amines is 1. The molecular weight excluding hydrogens is 400 g/mol. The lowest BCUT2D eigenvalue weighted by Crippen LogP contribution is -2.39. The molecule has 0 spiro atoms. The van der Waals surface area contributed by atoms with Gasteiger partial charge in [0.1, 0.15) is 0 Å². The van der Waals surface area contributed by atoms with E-state index in [-0.39, 0.29) is 17.0 Å². The van der Waals surface area contributed by atoms with E-state index in [1.165, 1.54) is 6.07 Å². The highest BCUT2D eigenvalue weighted by Crippen LogP contribution is 2.28. The number of benzene rings is 2. The van der Waals surface area contributed by atoms with E-state index in [4.69, 9.17) is 11.6 Å². The highest BCUT2D eigenvalue weighted by molar-refractivity contribution is 6.32. The van der Waals surface area contributed by atoms with Crippen LogP contribution in [0.2, 0.25) is 5.02 Å². The van der Waals surface area contributed by atoms with Crippen LogP contribution in [0.1, 0.15) is 27.4 Å². The summed E-state index contributed by atoms with van der Waals surface area (Å²) in [5, 5.41) is 6.01. The molecule has 0 aliphatic carbocycles. The maximum Gasteiger partial charge on any atom is 0.278 e. The van der Waals surface area contributed by atoms with E-state index in [2.05, 4.69) is 10.1 Å². The number of carbonyl (C=O) groups excluding carboxylic acids is 1. The molecule has 0 bridgehead atoms. The second-order valence-corrected chi connectivity index (χ2v) is 7.87. The normalized spacial score (nSPS) is 13.5. The third-order valence-corrected chi connectivity index (χ3v) is 5.88. The van der Waals surface area contributed by atoms with E-state index in [1.54, 1.807) is 28.6 Å². The Morgan fingerprint density at radius 1 is 1.13 bits per heavy atom. The zero-order valence-corrected chi connectivity index (χ0v) is 17.1. The van der Waals surface area contributed by atoms with Crippen LogP contribution in [0.25, 0.3) is 16.6 Å². The Kier molecular flexibility index (Phi) is 4.44. The fourth-order valence-corrected chi connectivity index (χ4v) is 4.27. The molecular formula is C23H19ClN4O2. The number of halogens is 1. The van der Waals surface area contributed by atoms with Crippen LogP contribution >= 0.6 is 11.6 Å². The van der Waals surface area contributed by atoms with E-state index in [0.29, 0.717) is 35.9 Å². The number of hydrogen-bond donors (Lipinski definition) is 1. The molecule has 1 amide bonds. The molecule has 0 atom stereocenters. The van der Waals surface area contributed by atoms with Gasteiger partial charge in [-0.1, -0.05) is 41.9 Å². The van der Waals surface area contributed by atoms with Crippen LogP contribution in [-0.4, -0.2) is 32.1 Å². The number of amides is 1. The molecule has 1 aliphatic rings. The molecule has 2 aromatic heterocycles. The number of rotatable bonds is 2. The second-order valence-electron chi connectivity index (χ2n) is 7.47. The lowest BCUT2D eigenvalue weighted by atomic mass is 10.0. The van der Waals surface area contributed by atoms with E-state index < -0.39 is 0 Å². The molecule has 6 nitrogen and oxygen atoms in total. The number of H-pyrrole nitrogens is 1. The molecule has 0 saturated heterocycles. The SMILES string of the molecule is Cc1cc(=O)c(C(=O)N2CCc3[nH]c4ccccc4c3C2)nn1-c1ccccc1Cl. The van der Waals surface area contributed by atoms with Gasteiger partial charge in [0.2, 0.25) is 5.43 Å². The summed E-state index contributed by atoms with van der Waals surface area (Å²) in [6.07, 6.45) is 0.709. The number of hydrogen-bond acceptors (Lipinski definition) is 3. The van der Waals surface area contributed by atoms with Crippen molar-refractivity contribution in [2.24, 2.45) is 0 Å². The first-order valence-corrected chi connectivity index (χ1v) is 10.1. The zero-order valence-electron chi connectivity index (χ0n) is 16.4. The third kappa shape index (κ3) is 3.00. The maximum atomic E-state index is 13.3. The average Bonchev–Trinajstić information content (AvgIpc) is 3.12. The molecule has 0 fully saturated rings. The molecule has 1 N–H and O–H groups in total. The predicted octanol–water partition coefficient (Wildman–Crippen LogP) is 3.87. The Morgan fingerprint density at radius 2 is 1.90 bits per heavy atom. The maximum absolute atomic E-state index is 13.3. The van der Waals surface area contributed by atoms with Gasteiger partial charge in [-0.05, 0) is 25.1 Å². The Bertz CT molecular complexity index is 1360. The quantitative estimate of drug-likeness (QED) is 0.537. The monoisotopic (exact) mass is 418 g/mol. The van der Waals surface area contributed by atoms with Gasteiger partial charge in [0.25, 0.3) is 5.91 Å². The van der Waals surface area contributed by atoms with Crippen molar-refractivity contribution in [3.63, 3.8) is 0 Å². The summed E-state index contributed by atoms with van der Waals surface area (Å²) >= 11 is 6.31. The highest BCUT2D eigenvalue weighted by atomic mass is 35.5. The van der Waals surface area contributed by atoms with E-state index >= 15 is 0 Å². The van der Waals surface area contributed by atoms with Gasteiger partial charge in [-0.2, -0.15) is 5.10 Å². The minimum atomic E-state index is -0.384. The molecule has 0 unspecified atom stereocenters. The zero-order chi connectivity index (χ0) is 20.8. The van der Waals surface area contributed by atoms with Crippen LogP contribution < -0.4 is 5.43 Å². The fourth-order valence-electron chi connectivity index (χ4n) is 4.05. The largest absolute Gasteiger partial charge is 0.358 e. The summed E-state index contributed by atoms with van der Waals surface area (Å²) in [6.45, 7) is 2.74. The van der Waals surface area contributed by atoms with Crippen molar-refractivity contribution in [1.29, 1.82) is 0 Å². The van der Waals surface area contributed by atoms with Crippen molar-refractivity contribution in [2.45, 2.75) is 19.9 Å². The molecule has 30 heavy (non-hydrogen) atoms. The van der Waals surface area contributed by atoms with Gasteiger partial charge in [0.05, 0.1) is 10.7 Å². The predicted molar refractivity (Wildman–Crippen MR) is 116 cm³/mol. The minimum Gasteiger partial charge on any atom is -0.358 e. The van der Waals surface area contributed by atoms with Gasteiger partial charge < -0.3 is 9.88 Å². The van der Waals surface area contributed by atoms with Gasteiger partial charge in [-0.3, -0.25) is 9.59 Å². The number of nitrogens with zero attached hydrogens (tertiary/aromatic N) is 3. The Hall–Kier alpha value is -3.38. The molecule has 1 aliphatic heterocycles. The summed E-state index contributed by atoms with van der Waals surface area (Å²) in [7, 11) is 0. The number of nitrogens with one attached hydrogen (secondary N) is 1. The van der Waals surface area contributed by atoms with Gasteiger partial charge >= 0.3 is 0 Å². The Morgan fingerprint density at radius 3 is 2.73 bits per heavy atom. The number of aryl methyl sites for hydroxylation is 1. The van der Waals surface area contributed by atoms with Crippen LogP contribution in [0.3, 0.4) is 0 Å². The van der Waals surface area contributed by atoms with Crippen LogP contribution in [0.15, 0.2) is 59.4 Å². The number of carbonyl (C=O) groups is 1. The Balaban J connectivity index is 1.53. The van der Waals surface area contributed by atoms with Crippen LogP contribution in [0.5, 0.6) is 0 Å². The number of para-hydroxylation sites is 2. The van der Waals surface area contributed by atoms with Crippen molar-refractivity contribution >= 4 is 28.4 Å². The molecule has 4 aromatic rings. The number of fused-ring (bicyclic) bond motifs is 3. The standard InChI is InChI=1S/C23H19ClN4O2/c1-14-12-21(29)22(26-28(14)20-9-5-3-7-17(20)24)23(30)27-11-10-19-16(13-27)15-6-2-4-8-18(15)25-19/h2-9,12,25H,10-11,13H2,1H3. The van der Waals surface area contributed by atoms with E-state index in [9.17, 15) is 9.59 Å². The number of aromatic nitrogens is 3. The smallest absolute Gasteiger partial charge is 0.278 e. The highest BCUT2D eigenvalue weighted by Gasteiger charge is 2.27. The van der Waals surface area contributed by atoms with Crippen molar-refractivity contribution < 1.29 is 4.79 Å². The fraction of sp³-hybridized carbons (Fsp3) is 0.174. The van der Waals surface area contributed by atoms with Crippen molar-refractivity contribution in [3.05, 3.63) is 92.5 Å². The van der Waals surface area contributed by atoms with Crippen molar-refractivity contribution in [1.82, 2.24) is 19.7 Å². The van der Waals surface area contributed by atoms with Gasteiger partial charge in [-0.15, -0.1) is 0 Å². The molecule has 5 rings (SSSR count). The molecule has 3 heterocycles. The van der Waals surface area contributed by atoms with Crippen molar-refractivity contribution in [2.75, 3.05) is 6.54 Å². The topological polar surface area (TPSA) is 71.0 Å². The summed E-state index contributed by atoms with van der Waals surface area (Å²) in [5.74, 6) is -0.364. The van der Waals surface area contributed by atoms with Gasteiger partial charge in [0, 0.05) is 53.4 Å². The second kappa shape index (κ2) is 7.15. The molecule has 150 valence electrons. The Labute approximate surface area is 177 Å². The summed E-state index contributed by atoms with van der Waals surface area (Å²) < 4.78 is 1.55. The van der Waals surface area contributed by atoms with Crippen LogP contribution in [-0.2, 0) is 13.0 Å². The summed E-state index contributed by atoms with van der Waals surface area (Å²) in [5.41, 5.74) is 4.07. The van der Waals surface area contributed by atoms with E-state index in [0.717, 1.165) is 22.2 Å². The average molecular weight is 419 g/mol. The van der Waals surface area contributed by atoms with Crippen LogP contribution in [0.4, 0.5) is 0 Å². The summed E-state index contributed by atoms with van der Waals surface area (Å²) in [6, 6.07) is 16.7.